The van der Waals surface area contributed by atoms with Gasteiger partial charge in [-0.05, 0) is 48.9 Å². The molecule has 0 saturated carbocycles. The lowest BCUT2D eigenvalue weighted by Crippen LogP contribution is -2.49. The summed E-state index contributed by atoms with van der Waals surface area (Å²) in [7, 11) is 0. The number of halogens is 1. The molecule has 0 N–H and O–H groups in total. The highest BCUT2D eigenvalue weighted by atomic mass is 19.1. The fourth-order valence-corrected chi connectivity index (χ4v) is 4.19. The molecule has 1 amide bonds. The van der Waals surface area contributed by atoms with E-state index in [0.29, 0.717) is 43.2 Å². The molecule has 0 radical (unpaired) electrons. The fraction of sp³-hybridized carbons (Fsp3) is 0.200. The summed E-state index contributed by atoms with van der Waals surface area (Å²) in [5, 5.41) is 4.56. The number of aromatic nitrogens is 3. The van der Waals surface area contributed by atoms with Crippen molar-refractivity contribution in [1.82, 2.24) is 19.2 Å². The van der Waals surface area contributed by atoms with Gasteiger partial charge >= 0.3 is 0 Å². The monoisotopic (exact) mass is 429 g/mol. The highest BCUT2D eigenvalue weighted by Crippen LogP contribution is 2.24. The molecule has 1 fully saturated rings. The molecule has 1 saturated heterocycles. The Bertz CT molecular complexity index is 1240. The normalized spacial score (nSPS) is 14.1. The zero-order valence-corrected chi connectivity index (χ0v) is 17.9. The van der Waals surface area contributed by atoms with Gasteiger partial charge in [0.15, 0.2) is 5.82 Å². The summed E-state index contributed by atoms with van der Waals surface area (Å²) in [5.74, 6) is 0.407. The molecule has 4 aromatic rings. The maximum Gasteiger partial charge on any atom is 0.259 e. The van der Waals surface area contributed by atoms with E-state index in [4.69, 9.17) is 0 Å². The molecule has 0 atom stereocenters. The zero-order valence-electron chi connectivity index (χ0n) is 17.9. The summed E-state index contributed by atoms with van der Waals surface area (Å²) in [5.41, 5.74) is 3.15. The van der Waals surface area contributed by atoms with Gasteiger partial charge in [-0.25, -0.2) is 9.07 Å². The summed E-state index contributed by atoms with van der Waals surface area (Å²) < 4.78 is 17.9. The van der Waals surface area contributed by atoms with E-state index >= 15 is 0 Å². The van der Waals surface area contributed by atoms with Gasteiger partial charge in [0.25, 0.3) is 5.91 Å². The minimum Gasteiger partial charge on any atom is -0.366 e. The summed E-state index contributed by atoms with van der Waals surface area (Å²) in [6.07, 6.45) is 5.47. The van der Waals surface area contributed by atoms with Gasteiger partial charge in [0.1, 0.15) is 11.4 Å². The average Bonchev–Trinajstić information content (AvgIpc) is 3.49. The molecule has 7 heteroatoms. The Kier molecular flexibility index (Phi) is 5.23. The van der Waals surface area contributed by atoms with E-state index in [0.717, 1.165) is 11.3 Å². The molecule has 32 heavy (non-hydrogen) atoms. The number of benzene rings is 2. The zero-order chi connectivity index (χ0) is 22.1. The number of amides is 1. The van der Waals surface area contributed by atoms with E-state index in [1.807, 2.05) is 76.1 Å². The van der Waals surface area contributed by atoms with Crippen LogP contribution in [0.3, 0.4) is 0 Å². The molecule has 2 aromatic heterocycles. The number of nitrogens with zero attached hydrogens (tertiary/aromatic N) is 5. The largest absolute Gasteiger partial charge is 0.366 e. The number of anilines is 1. The Morgan fingerprint density at radius 2 is 1.69 bits per heavy atom. The fourth-order valence-electron chi connectivity index (χ4n) is 4.19. The number of para-hydroxylation sites is 1. The standard InChI is InChI=1S/C25H24FN5O/c1-19-7-6-8-20(17-19)31-24(29-11-4-5-12-29)21(18-27-31)25(32)30-15-13-28(14-16-30)23-10-3-2-9-22(23)26/h2-12,17-18H,13-16H2,1H3. The second-order valence-corrected chi connectivity index (χ2v) is 7.95. The van der Waals surface area contributed by atoms with Gasteiger partial charge in [-0.1, -0.05) is 24.3 Å². The summed E-state index contributed by atoms with van der Waals surface area (Å²) >= 11 is 0. The van der Waals surface area contributed by atoms with Crippen molar-refractivity contribution in [3.63, 3.8) is 0 Å². The predicted molar refractivity (Wildman–Crippen MR) is 122 cm³/mol. The molecule has 0 bridgehead atoms. The SMILES string of the molecule is Cc1cccc(-n2ncc(C(=O)N3CCN(c4ccccc4F)CC3)c2-n2cccc2)c1. The van der Waals surface area contributed by atoms with Crippen LogP contribution in [-0.2, 0) is 0 Å². The van der Waals surface area contributed by atoms with Crippen LogP contribution in [-0.4, -0.2) is 51.3 Å². The minimum atomic E-state index is -0.235. The van der Waals surface area contributed by atoms with E-state index in [1.165, 1.54) is 6.07 Å². The number of aryl methyl sites for hydroxylation is 1. The highest BCUT2D eigenvalue weighted by molar-refractivity contribution is 5.97. The van der Waals surface area contributed by atoms with Gasteiger partial charge in [0, 0.05) is 38.6 Å². The Morgan fingerprint density at radius 3 is 2.41 bits per heavy atom. The Labute approximate surface area is 186 Å². The molecular formula is C25H24FN5O. The molecule has 5 rings (SSSR count). The molecular weight excluding hydrogens is 405 g/mol. The van der Waals surface area contributed by atoms with Crippen LogP contribution in [0.5, 0.6) is 0 Å². The smallest absolute Gasteiger partial charge is 0.259 e. The van der Waals surface area contributed by atoms with Crippen molar-refractivity contribution in [3.05, 3.63) is 96.2 Å². The van der Waals surface area contributed by atoms with Gasteiger partial charge in [0.05, 0.1) is 17.6 Å². The molecule has 0 spiro atoms. The van der Waals surface area contributed by atoms with Crippen LogP contribution in [0.15, 0.2) is 79.3 Å². The first-order valence-corrected chi connectivity index (χ1v) is 10.7. The first-order valence-electron chi connectivity index (χ1n) is 10.7. The van der Waals surface area contributed by atoms with Crippen molar-refractivity contribution in [2.45, 2.75) is 6.92 Å². The third-order valence-electron chi connectivity index (χ3n) is 5.83. The van der Waals surface area contributed by atoms with Crippen molar-refractivity contribution >= 4 is 11.6 Å². The second kappa shape index (κ2) is 8.34. The van der Waals surface area contributed by atoms with Crippen LogP contribution < -0.4 is 4.90 Å². The van der Waals surface area contributed by atoms with Crippen LogP contribution in [0.2, 0.25) is 0 Å². The van der Waals surface area contributed by atoms with Gasteiger partial charge in [0.2, 0.25) is 0 Å². The van der Waals surface area contributed by atoms with Gasteiger partial charge < -0.3 is 14.4 Å². The second-order valence-electron chi connectivity index (χ2n) is 7.95. The molecule has 0 unspecified atom stereocenters. The van der Waals surface area contributed by atoms with E-state index in [-0.39, 0.29) is 11.7 Å². The Morgan fingerprint density at radius 1 is 0.938 bits per heavy atom. The Balaban J connectivity index is 1.43. The number of rotatable bonds is 4. The average molecular weight is 429 g/mol. The Hall–Kier alpha value is -3.87. The molecule has 0 aliphatic carbocycles. The summed E-state index contributed by atoms with van der Waals surface area (Å²) in [4.78, 5) is 17.3. The number of hydrogen-bond donors (Lipinski definition) is 0. The number of carbonyl (C=O) groups excluding carboxylic acids is 1. The predicted octanol–water partition coefficient (Wildman–Crippen LogP) is 4.07. The van der Waals surface area contributed by atoms with Crippen LogP contribution in [0, 0.1) is 12.7 Å². The van der Waals surface area contributed by atoms with Crippen molar-refractivity contribution in [1.29, 1.82) is 0 Å². The first-order chi connectivity index (χ1) is 15.6. The van der Waals surface area contributed by atoms with Crippen LogP contribution in [0.25, 0.3) is 11.5 Å². The van der Waals surface area contributed by atoms with Gasteiger partial charge in [-0.3, -0.25) is 4.79 Å². The number of carbonyl (C=O) groups is 1. The first kappa shape index (κ1) is 20.1. The highest BCUT2D eigenvalue weighted by Gasteiger charge is 2.28. The molecule has 162 valence electrons. The van der Waals surface area contributed by atoms with Crippen LogP contribution in [0.4, 0.5) is 10.1 Å². The van der Waals surface area contributed by atoms with Crippen LogP contribution in [0.1, 0.15) is 15.9 Å². The van der Waals surface area contributed by atoms with Crippen molar-refractivity contribution < 1.29 is 9.18 Å². The summed E-state index contributed by atoms with van der Waals surface area (Å²) in [6, 6.07) is 18.7. The summed E-state index contributed by atoms with van der Waals surface area (Å²) in [6.45, 7) is 4.24. The maximum atomic E-state index is 14.2. The maximum absolute atomic E-state index is 14.2. The van der Waals surface area contributed by atoms with Crippen LogP contribution >= 0.6 is 0 Å². The van der Waals surface area contributed by atoms with Crippen molar-refractivity contribution in [2.24, 2.45) is 0 Å². The quantitative estimate of drug-likeness (QED) is 0.491. The molecule has 6 nitrogen and oxygen atoms in total. The van der Waals surface area contributed by atoms with Crippen molar-refractivity contribution in [2.75, 3.05) is 31.1 Å². The lowest BCUT2D eigenvalue weighted by molar-refractivity contribution is 0.0746. The number of piperazine rings is 1. The molecule has 1 aliphatic rings. The van der Waals surface area contributed by atoms with E-state index in [9.17, 15) is 9.18 Å². The topological polar surface area (TPSA) is 46.3 Å². The third-order valence-corrected chi connectivity index (χ3v) is 5.83. The van der Waals surface area contributed by atoms with Gasteiger partial charge in [-0.2, -0.15) is 5.10 Å². The lowest BCUT2D eigenvalue weighted by Gasteiger charge is -2.36. The minimum absolute atomic E-state index is 0.0687. The van der Waals surface area contributed by atoms with E-state index in [2.05, 4.69) is 5.10 Å². The molecule has 2 aromatic carbocycles. The lowest BCUT2D eigenvalue weighted by atomic mass is 10.2. The molecule has 3 heterocycles. The van der Waals surface area contributed by atoms with Crippen molar-refractivity contribution in [3.8, 4) is 11.5 Å². The van der Waals surface area contributed by atoms with E-state index < -0.39 is 0 Å². The van der Waals surface area contributed by atoms with Gasteiger partial charge in [-0.15, -0.1) is 0 Å². The third kappa shape index (κ3) is 3.66. The molecule has 1 aliphatic heterocycles. The number of hydrogen-bond acceptors (Lipinski definition) is 3. The van der Waals surface area contributed by atoms with E-state index in [1.54, 1.807) is 23.0 Å².